The van der Waals surface area contributed by atoms with E-state index in [1.165, 1.54) is 25.8 Å². The molecule has 0 aliphatic carbocycles. The fraction of sp³-hybridized carbons (Fsp3) is 0.562. The third-order valence-electron chi connectivity index (χ3n) is 4.46. The molecule has 19 heavy (non-hydrogen) atoms. The first-order valence-corrected chi connectivity index (χ1v) is 7.34. The number of piperidine rings is 1. The summed E-state index contributed by atoms with van der Waals surface area (Å²) in [6.45, 7) is 6.17. The van der Waals surface area contributed by atoms with Crippen LogP contribution in [0.1, 0.15) is 36.5 Å². The summed E-state index contributed by atoms with van der Waals surface area (Å²) in [4.78, 5) is 16.8. The molecule has 0 N–H and O–H groups in total. The van der Waals surface area contributed by atoms with Gasteiger partial charge in [-0.1, -0.05) is 18.6 Å². The van der Waals surface area contributed by atoms with Gasteiger partial charge in [0, 0.05) is 36.9 Å². The van der Waals surface area contributed by atoms with E-state index >= 15 is 0 Å². The Morgan fingerprint density at radius 1 is 1.16 bits per heavy atom. The maximum absolute atomic E-state index is 11.8. The van der Waals surface area contributed by atoms with Crippen LogP contribution in [0.2, 0.25) is 0 Å². The van der Waals surface area contributed by atoms with Crippen LogP contribution in [-0.4, -0.2) is 42.9 Å². The SMILES string of the molecule is CC(=O)c1ccccc1N1CCN2CCCCC2C1. The number of nitrogens with zero attached hydrogens (tertiary/aromatic N) is 2. The lowest BCUT2D eigenvalue weighted by Gasteiger charge is -2.45. The second-order valence-electron chi connectivity index (χ2n) is 5.70. The molecule has 3 heteroatoms. The Hall–Kier alpha value is -1.35. The van der Waals surface area contributed by atoms with Crippen molar-refractivity contribution in [2.75, 3.05) is 31.1 Å². The minimum absolute atomic E-state index is 0.168. The zero-order chi connectivity index (χ0) is 13.2. The van der Waals surface area contributed by atoms with Crippen molar-refractivity contribution in [3.05, 3.63) is 29.8 Å². The second kappa shape index (κ2) is 5.33. The lowest BCUT2D eigenvalue weighted by molar-refractivity contribution is 0.101. The van der Waals surface area contributed by atoms with E-state index < -0.39 is 0 Å². The van der Waals surface area contributed by atoms with Gasteiger partial charge in [-0.25, -0.2) is 0 Å². The van der Waals surface area contributed by atoms with Gasteiger partial charge < -0.3 is 4.90 Å². The number of fused-ring (bicyclic) bond motifs is 1. The van der Waals surface area contributed by atoms with Crippen molar-refractivity contribution in [2.45, 2.75) is 32.2 Å². The van der Waals surface area contributed by atoms with Gasteiger partial charge in [0.05, 0.1) is 0 Å². The number of carbonyl (C=O) groups excluding carboxylic acids is 1. The van der Waals surface area contributed by atoms with E-state index in [9.17, 15) is 4.79 Å². The second-order valence-corrected chi connectivity index (χ2v) is 5.70. The quantitative estimate of drug-likeness (QED) is 0.762. The number of hydrogen-bond acceptors (Lipinski definition) is 3. The number of carbonyl (C=O) groups is 1. The minimum atomic E-state index is 0.168. The number of benzene rings is 1. The summed E-state index contributed by atoms with van der Waals surface area (Å²) in [5, 5.41) is 0. The summed E-state index contributed by atoms with van der Waals surface area (Å²) < 4.78 is 0. The Labute approximate surface area is 115 Å². The summed E-state index contributed by atoms with van der Waals surface area (Å²) in [6.07, 6.45) is 4.00. The predicted octanol–water partition coefficient (Wildman–Crippen LogP) is 2.56. The predicted molar refractivity (Wildman–Crippen MR) is 77.9 cm³/mol. The van der Waals surface area contributed by atoms with Crippen LogP contribution < -0.4 is 4.90 Å². The zero-order valence-electron chi connectivity index (χ0n) is 11.6. The number of hydrogen-bond donors (Lipinski definition) is 0. The van der Waals surface area contributed by atoms with Crippen LogP contribution in [0.25, 0.3) is 0 Å². The lowest BCUT2D eigenvalue weighted by Crippen LogP contribution is -2.55. The van der Waals surface area contributed by atoms with Crippen LogP contribution in [0.4, 0.5) is 5.69 Å². The molecule has 2 heterocycles. The third kappa shape index (κ3) is 2.52. The largest absolute Gasteiger partial charge is 0.368 e. The van der Waals surface area contributed by atoms with Crippen LogP contribution in [0.3, 0.4) is 0 Å². The van der Waals surface area contributed by atoms with Gasteiger partial charge in [0.1, 0.15) is 0 Å². The molecule has 2 aliphatic rings. The van der Waals surface area contributed by atoms with Crippen LogP contribution in [0.15, 0.2) is 24.3 Å². The normalized spacial score (nSPS) is 24.1. The molecule has 2 aliphatic heterocycles. The molecule has 1 aromatic carbocycles. The Balaban J connectivity index is 1.81. The Morgan fingerprint density at radius 2 is 2.00 bits per heavy atom. The van der Waals surface area contributed by atoms with E-state index in [0.717, 1.165) is 30.9 Å². The molecule has 0 amide bonds. The van der Waals surface area contributed by atoms with Gasteiger partial charge in [0.2, 0.25) is 0 Å². The van der Waals surface area contributed by atoms with Crippen molar-refractivity contribution in [3.63, 3.8) is 0 Å². The first-order valence-electron chi connectivity index (χ1n) is 7.34. The average molecular weight is 258 g/mol. The van der Waals surface area contributed by atoms with Gasteiger partial charge in [-0.2, -0.15) is 0 Å². The topological polar surface area (TPSA) is 23.6 Å². The van der Waals surface area contributed by atoms with Crippen molar-refractivity contribution < 1.29 is 4.79 Å². The van der Waals surface area contributed by atoms with Crippen LogP contribution in [0.5, 0.6) is 0 Å². The van der Waals surface area contributed by atoms with Crippen LogP contribution in [0, 0.1) is 0 Å². The fourth-order valence-corrected chi connectivity index (χ4v) is 3.42. The van der Waals surface area contributed by atoms with Crippen LogP contribution in [-0.2, 0) is 0 Å². The molecule has 102 valence electrons. The van der Waals surface area contributed by atoms with Gasteiger partial charge in [-0.05, 0) is 38.4 Å². The number of Topliss-reactive ketones (excluding diaryl/α,β-unsaturated/α-hetero) is 1. The third-order valence-corrected chi connectivity index (χ3v) is 4.46. The highest BCUT2D eigenvalue weighted by Crippen LogP contribution is 2.27. The highest BCUT2D eigenvalue weighted by atomic mass is 16.1. The lowest BCUT2D eigenvalue weighted by atomic mass is 9.98. The van der Waals surface area contributed by atoms with Crippen molar-refractivity contribution >= 4 is 11.5 Å². The molecule has 3 rings (SSSR count). The van der Waals surface area contributed by atoms with Gasteiger partial charge in [0.25, 0.3) is 0 Å². The van der Waals surface area contributed by atoms with E-state index in [-0.39, 0.29) is 5.78 Å². The Bertz CT molecular complexity index is 472. The van der Waals surface area contributed by atoms with Gasteiger partial charge in [-0.3, -0.25) is 9.69 Å². The van der Waals surface area contributed by atoms with Crippen LogP contribution >= 0.6 is 0 Å². The van der Waals surface area contributed by atoms with Crippen molar-refractivity contribution in [1.82, 2.24) is 4.90 Å². The van der Waals surface area contributed by atoms with E-state index in [1.54, 1.807) is 6.92 Å². The molecule has 3 nitrogen and oxygen atoms in total. The standard InChI is InChI=1S/C16H22N2O/c1-13(19)15-7-2-3-8-16(15)18-11-10-17-9-5-4-6-14(17)12-18/h2-3,7-8,14H,4-6,9-12H2,1H3. The first-order chi connectivity index (χ1) is 9.25. The molecular formula is C16H22N2O. The zero-order valence-corrected chi connectivity index (χ0v) is 11.6. The van der Waals surface area contributed by atoms with Crippen molar-refractivity contribution in [1.29, 1.82) is 0 Å². The maximum atomic E-state index is 11.8. The molecular weight excluding hydrogens is 236 g/mol. The van der Waals surface area contributed by atoms with Crippen molar-refractivity contribution in [3.8, 4) is 0 Å². The monoisotopic (exact) mass is 258 g/mol. The molecule has 1 aromatic rings. The minimum Gasteiger partial charge on any atom is -0.368 e. The van der Waals surface area contributed by atoms with E-state index in [4.69, 9.17) is 0 Å². The summed E-state index contributed by atoms with van der Waals surface area (Å²) in [5.74, 6) is 0.168. The number of rotatable bonds is 2. The Morgan fingerprint density at radius 3 is 2.84 bits per heavy atom. The van der Waals surface area contributed by atoms with E-state index in [2.05, 4.69) is 15.9 Å². The molecule has 2 fully saturated rings. The summed E-state index contributed by atoms with van der Waals surface area (Å²) in [5.41, 5.74) is 1.99. The number of piperazine rings is 1. The van der Waals surface area contributed by atoms with E-state index in [0.29, 0.717) is 6.04 Å². The molecule has 0 aromatic heterocycles. The Kier molecular flexibility index (Phi) is 3.56. The van der Waals surface area contributed by atoms with Gasteiger partial charge >= 0.3 is 0 Å². The van der Waals surface area contributed by atoms with Crippen molar-refractivity contribution in [2.24, 2.45) is 0 Å². The number of ketones is 1. The molecule has 0 radical (unpaired) electrons. The molecule has 1 unspecified atom stereocenters. The first kappa shape index (κ1) is 12.7. The summed E-state index contributed by atoms with van der Waals surface area (Å²) >= 11 is 0. The average Bonchev–Trinajstić information content (AvgIpc) is 2.46. The fourth-order valence-electron chi connectivity index (χ4n) is 3.42. The maximum Gasteiger partial charge on any atom is 0.161 e. The van der Waals surface area contributed by atoms with E-state index in [1.807, 2.05) is 18.2 Å². The molecule has 1 atom stereocenters. The number of anilines is 1. The van der Waals surface area contributed by atoms with Gasteiger partial charge in [-0.15, -0.1) is 0 Å². The van der Waals surface area contributed by atoms with Gasteiger partial charge in [0.15, 0.2) is 5.78 Å². The summed E-state index contributed by atoms with van der Waals surface area (Å²) in [7, 11) is 0. The highest BCUT2D eigenvalue weighted by molar-refractivity contribution is 5.99. The summed E-state index contributed by atoms with van der Waals surface area (Å²) in [6, 6.07) is 8.72. The molecule has 0 spiro atoms. The highest BCUT2D eigenvalue weighted by Gasteiger charge is 2.29. The molecule has 2 saturated heterocycles. The molecule has 0 bridgehead atoms. The molecule has 0 saturated carbocycles. The smallest absolute Gasteiger partial charge is 0.161 e. The number of para-hydroxylation sites is 1.